The Hall–Kier alpha value is -3.77. The lowest BCUT2D eigenvalue weighted by Gasteiger charge is -2.20. The van der Waals surface area contributed by atoms with Crippen molar-refractivity contribution in [1.82, 2.24) is 15.6 Å². The van der Waals surface area contributed by atoms with Crippen LogP contribution >= 0.6 is 23.2 Å². The van der Waals surface area contributed by atoms with Gasteiger partial charge in [-0.2, -0.15) is 13.5 Å². The Bertz CT molecular complexity index is 1420. The number of alkyl halides is 2. The van der Waals surface area contributed by atoms with Crippen molar-refractivity contribution >= 4 is 41.0 Å². The maximum atomic E-state index is 15.2. The molecule has 9 nitrogen and oxygen atoms in total. The molecule has 14 heteroatoms. The summed E-state index contributed by atoms with van der Waals surface area (Å²) >= 11 is 12.2. The zero-order valence-corrected chi connectivity index (χ0v) is 23.9. The van der Waals surface area contributed by atoms with Gasteiger partial charge in [-0.15, -0.1) is 0 Å². The number of carbonyl (C=O) groups excluding carboxylic acids is 2. The van der Waals surface area contributed by atoms with Gasteiger partial charge in [0.05, 0.1) is 18.0 Å². The van der Waals surface area contributed by atoms with Gasteiger partial charge in [-0.25, -0.2) is 14.2 Å². The molecule has 0 spiro atoms. The lowest BCUT2D eigenvalue weighted by atomic mass is 10.1. The van der Waals surface area contributed by atoms with E-state index in [0.717, 1.165) is 18.5 Å². The third kappa shape index (κ3) is 9.12. The van der Waals surface area contributed by atoms with E-state index in [2.05, 4.69) is 20.9 Å². The first-order valence-corrected chi connectivity index (χ1v) is 13.1. The summed E-state index contributed by atoms with van der Waals surface area (Å²) in [4.78, 5) is 28.4. The number of nitrogens with one attached hydrogen (secondary N) is 3. The third-order valence-corrected chi connectivity index (χ3v) is 6.11. The second-order valence-corrected chi connectivity index (χ2v) is 10.8. The summed E-state index contributed by atoms with van der Waals surface area (Å²) in [5.41, 5.74) is -0.532. The first-order chi connectivity index (χ1) is 19.2. The Morgan fingerprint density at radius 2 is 1.78 bits per heavy atom. The highest BCUT2D eigenvalue weighted by molar-refractivity contribution is 6.31. The monoisotopic (exact) mass is 613 g/mol. The van der Waals surface area contributed by atoms with Gasteiger partial charge in [0.25, 0.3) is 5.69 Å². The molecule has 1 aromatic carbocycles. The molecule has 0 saturated carbocycles. The zero-order chi connectivity index (χ0) is 30.4. The molecule has 3 aromatic rings. The molecule has 0 bridgehead atoms. The molecule has 0 aliphatic rings. The van der Waals surface area contributed by atoms with Crippen LogP contribution in [0.5, 0.6) is 0 Å². The zero-order valence-electron chi connectivity index (χ0n) is 22.4. The molecule has 2 amide bonds. The molecule has 0 fully saturated rings. The highest BCUT2D eigenvalue weighted by atomic mass is 35.5. The van der Waals surface area contributed by atoms with E-state index in [4.69, 9.17) is 27.9 Å². The lowest BCUT2D eigenvalue weighted by Crippen LogP contribution is -2.41. The summed E-state index contributed by atoms with van der Waals surface area (Å²) in [6.45, 7) is 4.14. The molecule has 2 heterocycles. The number of benzene rings is 1. The number of hydrogen-bond donors (Lipinski definition) is 3. The SMILES string of the molecule is CC(C)(C)OC(=O)NCc1ccc(Cl)cc1CNC(=O)Cc1c(Cl)cnc(NCC(F)(F)c2cccc[n+]2[O-])c1F. The Kier molecular flexibility index (Phi) is 10.3. The van der Waals surface area contributed by atoms with Crippen LogP contribution in [0.3, 0.4) is 0 Å². The van der Waals surface area contributed by atoms with E-state index in [1.165, 1.54) is 12.1 Å². The first-order valence-electron chi connectivity index (χ1n) is 12.3. The van der Waals surface area contributed by atoms with Crippen LogP contribution in [0.2, 0.25) is 10.0 Å². The van der Waals surface area contributed by atoms with Crippen molar-refractivity contribution < 1.29 is 32.2 Å². The molecule has 0 unspecified atom stereocenters. The molecule has 41 heavy (non-hydrogen) atoms. The van der Waals surface area contributed by atoms with Crippen molar-refractivity contribution in [2.75, 3.05) is 11.9 Å². The molecule has 0 atom stereocenters. The Balaban J connectivity index is 1.66. The van der Waals surface area contributed by atoms with E-state index in [1.54, 1.807) is 39.0 Å². The number of halogens is 5. The fourth-order valence-electron chi connectivity index (χ4n) is 3.62. The van der Waals surface area contributed by atoms with Crippen molar-refractivity contribution in [1.29, 1.82) is 0 Å². The Labute approximate surface area is 244 Å². The average Bonchev–Trinajstić information content (AvgIpc) is 2.88. The van der Waals surface area contributed by atoms with E-state index in [0.29, 0.717) is 16.1 Å². The van der Waals surface area contributed by atoms with Crippen molar-refractivity contribution in [2.24, 2.45) is 0 Å². The Morgan fingerprint density at radius 3 is 2.46 bits per heavy atom. The van der Waals surface area contributed by atoms with Crippen molar-refractivity contribution in [3.8, 4) is 0 Å². The molecule has 0 saturated heterocycles. The second-order valence-electron chi connectivity index (χ2n) is 9.94. The van der Waals surface area contributed by atoms with Crippen LogP contribution in [0.15, 0.2) is 48.8 Å². The maximum absolute atomic E-state index is 15.2. The molecule has 3 N–H and O–H groups in total. The Morgan fingerprint density at radius 1 is 1.07 bits per heavy atom. The predicted molar refractivity (Wildman–Crippen MR) is 147 cm³/mol. The minimum atomic E-state index is -3.65. The average molecular weight is 614 g/mol. The van der Waals surface area contributed by atoms with Crippen LogP contribution in [0.1, 0.15) is 43.2 Å². The van der Waals surface area contributed by atoms with Crippen molar-refractivity contribution in [2.45, 2.75) is 51.8 Å². The normalized spacial score (nSPS) is 11.6. The number of rotatable bonds is 10. The van der Waals surface area contributed by atoms with Gasteiger partial charge < -0.3 is 25.9 Å². The standard InChI is InChI=1S/C27H28Cl2F3N5O4/c1-26(2,3)41-25(39)35-12-16-7-8-18(28)10-17(16)13-33-22(38)11-19-20(29)14-34-24(23(19)30)36-15-27(31,32)21-6-4-5-9-37(21)40/h4-10,14H,11-13,15H2,1-3H3,(H,33,38)(H,34,36)(H,35,39). The van der Waals surface area contributed by atoms with E-state index in [1.807, 2.05) is 0 Å². The molecule has 3 rings (SSSR count). The highest BCUT2D eigenvalue weighted by Crippen LogP contribution is 2.28. The number of ether oxygens (including phenoxy) is 1. The molecule has 0 radical (unpaired) electrons. The first kappa shape index (κ1) is 31.8. The van der Waals surface area contributed by atoms with Gasteiger partial charge in [0.1, 0.15) is 5.60 Å². The molecule has 0 aliphatic heterocycles. The predicted octanol–water partition coefficient (Wildman–Crippen LogP) is 5.25. The fourth-order valence-corrected chi connectivity index (χ4v) is 4.01. The molecule has 2 aromatic heterocycles. The van der Waals surface area contributed by atoms with Crippen molar-refractivity contribution in [3.05, 3.63) is 92.2 Å². The summed E-state index contributed by atoms with van der Waals surface area (Å²) in [6.07, 6.45) is 0.805. The number of anilines is 1. The summed E-state index contributed by atoms with van der Waals surface area (Å²) < 4.78 is 49.5. The minimum absolute atomic E-state index is 0.0152. The van der Waals surface area contributed by atoms with Crippen LogP contribution in [0.4, 0.5) is 23.8 Å². The number of pyridine rings is 2. The van der Waals surface area contributed by atoms with Gasteiger partial charge in [0.2, 0.25) is 5.91 Å². The topological polar surface area (TPSA) is 119 Å². The van der Waals surface area contributed by atoms with Gasteiger partial charge >= 0.3 is 12.0 Å². The van der Waals surface area contributed by atoms with Gasteiger partial charge in [-0.05, 0) is 50.1 Å². The largest absolute Gasteiger partial charge is 0.618 e. The van der Waals surface area contributed by atoms with E-state index in [9.17, 15) is 23.6 Å². The lowest BCUT2D eigenvalue weighted by molar-refractivity contribution is -0.624. The number of alkyl carbamates (subject to hydrolysis) is 1. The smallest absolute Gasteiger partial charge is 0.407 e. The van der Waals surface area contributed by atoms with Gasteiger partial charge in [-0.1, -0.05) is 29.3 Å². The third-order valence-electron chi connectivity index (χ3n) is 5.55. The van der Waals surface area contributed by atoms with Crippen LogP contribution < -0.4 is 20.7 Å². The highest BCUT2D eigenvalue weighted by Gasteiger charge is 2.39. The number of amides is 2. The number of aromatic nitrogens is 2. The summed E-state index contributed by atoms with van der Waals surface area (Å²) in [5, 5.41) is 19.4. The van der Waals surface area contributed by atoms with Gasteiger partial charge in [-0.3, -0.25) is 4.79 Å². The van der Waals surface area contributed by atoms with Gasteiger partial charge in [0, 0.05) is 42.0 Å². The number of hydrogen-bond acceptors (Lipinski definition) is 6. The van der Waals surface area contributed by atoms with Crippen molar-refractivity contribution in [3.63, 3.8) is 0 Å². The molecular weight excluding hydrogens is 586 g/mol. The maximum Gasteiger partial charge on any atom is 0.407 e. The van der Waals surface area contributed by atoms with E-state index in [-0.39, 0.29) is 28.4 Å². The molecule has 0 aliphatic carbocycles. The van der Waals surface area contributed by atoms with E-state index < -0.39 is 53.8 Å². The van der Waals surface area contributed by atoms with Crippen LogP contribution in [-0.2, 0) is 35.0 Å². The van der Waals surface area contributed by atoms with Crippen LogP contribution in [0.25, 0.3) is 0 Å². The van der Waals surface area contributed by atoms with Crippen LogP contribution in [0, 0.1) is 11.0 Å². The quantitative estimate of drug-likeness (QED) is 0.212. The molecule has 220 valence electrons. The summed E-state index contributed by atoms with van der Waals surface area (Å²) in [6, 6.07) is 8.43. The second kappa shape index (κ2) is 13.3. The van der Waals surface area contributed by atoms with Crippen LogP contribution in [-0.4, -0.2) is 29.1 Å². The number of carbonyl (C=O) groups is 2. The van der Waals surface area contributed by atoms with Gasteiger partial charge in [0.15, 0.2) is 17.8 Å². The summed E-state index contributed by atoms with van der Waals surface area (Å²) in [5.74, 6) is -5.93. The summed E-state index contributed by atoms with van der Waals surface area (Å²) in [7, 11) is 0. The minimum Gasteiger partial charge on any atom is -0.618 e. The van der Waals surface area contributed by atoms with E-state index >= 15 is 4.39 Å². The molecular formula is C27H28Cl2F3N5O4. The number of nitrogens with zero attached hydrogens (tertiary/aromatic N) is 2. The fraction of sp³-hybridized carbons (Fsp3) is 0.333.